The highest BCUT2D eigenvalue weighted by atomic mass is 35.5. The molecule has 0 aliphatic heterocycles. The molecule has 0 radical (unpaired) electrons. The number of hydrogen-bond donors (Lipinski definition) is 2. The van der Waals surface area contributed by atoms with Crippen molar-refractivity contribution >= 4 is 24.2 Å². The average molecular weight is 286 g/mol. The van der Waals surface area contributed by atoms with Crippen molar-refractivity contribution in [1.29, 1.82) is 0 Å². The Morgan fingerprint density at radius 3 is 2.37 bits per heavy atom. The molecular formula is C13H20ClN3O2. The van der Waals surface area contributed by atoms with Gasteiger partial charge in [-0.1, -0.05) is 29.8 Å². The lowest BCUT2D eigenvalue weighted by atomic mass is 10.1. The molecule has 0 aromatic heterocycles. The van der Waals surface area contributed by atoms with Crippen LogP contribution in [0.2, 0.25) is 0 Å². The van der Waals surface area contributed by atoms with Crippen molar-refractivity contribution in [3.05, 3.63) is 35.4 Å². The van der Waals surface area contributed by atoms with Gasteiger partial charge in [0.05, 0.1) is 13.1 Å². The van der Waals surface area contributed by atoms with Crippen LogP contribution in [-0.4, -0.2) is 36.9 Å². The molecule has 0 atom stereocenters. The minimum absolute atomic E-state index is 0. The lowest BCUT2D eigenvalue weighted by Crippen LogP contribution is -2.40. The molecule has 0 aliphatic carbocycles. The van der Waals surface area contributed by atoms with Gasteiger partial charge in [0.15, 0.2) is 0 Å². The first-order valence-corrected chi connectivity index (χ1v) is 5.79. The minimum atomic E-state index is -0.327. The van der Waals surface area contributed by atoms with Crippen molar-refractivity contribution < 1.29 is 9.59 Å². The molecule has 0 unspecified atom stereocenters. The number of rotatable bonds is 5. The summed E-state index contributed by atoms with van der Waals surface area (Å²) in [6.07, 6.45) is 0. The summed E-state index contributed by atoms with van der Waals surface area (Å²) < 4.78 is 0. The Kier molecular flexibility index (Phi) is 7.79. The first kappa shape index (κ1) is 17.4. The van der Waals surface area contributed by atoms with Gasteiger partial charge in [-0.2, -0.15) is 0 Å². The molecule has 2 amide bonds. The zero-order valence-electron chi connectivity index (χ0n) is 11.2. The maximum atomic E-state index is 11.7. The van der Waals surface area contributed by atoms with Gasteiger partial charge in [0, 0.05) is 13.6 Å². The first-order chi connectivity index (χ1) is 8.52. The van der Waals surface area contributed by atoms with Crippen molar-refractivity contribution in [3.8, 4) is 0 Å². The average Bonchev–Trinajstić information content (AvgIpc) is 2.38. The van der Waals surface area contributed by atoms with E-state index >= 15 is 0 Å². The van der Waals surface area contributed by atoms with E-state index in [2.05, 4.69) is 5.32 Å². The number of amides is 2. The monoisotopic (exact) mass is 285 g/mol. The van der Waals surface area contributed by atoms with E-state index in [-0.39, 0.29) is 37.3 Å². The molecule has 106 valence electrons. The normalized spacial score (nSPS) is 9.42. The van der Waals surface area contributed by atoms with Crippen molar-refractivity contribution in [3.63, 3.8) is 0 Å². The highest BCUT2D eigenvalue weighted by molar-refractivity contribution is 5.85. The molecular weight excluding hydrogens is 266 g/mol. The molecule has 0 heterocycles. The van der Waals surface area contributed by atoms with E-state index in [1.165, 1.54) is 5.56 Å². The van der Waals surface area contributed by atoms with Gasteiger partial charge in [0.25, 0.3) is 0 Å². The van der Waals surface area contributed by atoms with Gasteiger partial charge in [0.1, 0.15) is 0 Å². The Balaban J connectivity index is 0.00000324. The van der Waals surface area contributed by atoms with Gasteiger partial charge in [-0.3, -0.25) is 9.59 Å². The molecule has 3 N–H and O–H groups in total. The third-order valence-corrected chi connectivity index (χ3v) is 2.59. The number of benzene rings is 1. The molecule has 19 heavy (non-hydrogen) atoms. The van der Waals surface area contributed by atoms with E-state index in [9.17, 15) is 9.59 Å². The summed E-state index contributed by atoms with van der Waals surface area (Å²) in [4.78, 5) is 24.2. The van der Waals surface area contributed by atoms with Crippen LogP contribution in [0.4, 0.5) is 0 Å². The summed E-state index contributed by atoms with van der Waals surface area (Å²) in [7, 11) is 1.71. The lowest BCUT2D eigenvalue weighted by Gasteiger charge is -2.17. The first-order valence-electron chi connectivity index (χ1n) is 5.79. The molecule has 0 saturated heterocycles. The molecule has 0 aliphatic rings. The van der Waals surface area contributed by atoms with Crippen molar-refractivity contribution in [2.24, 2.45) is 5.73 Å². The Morgan fingerprint density at radius 1 is 1.26 bits per heavy atom. The van der Waals surface area contributed by atoms with E-state index < -0.39 is 0 Å². The highest BCUT2D eigenvalue weighted by Crippen LogP contribution is 2.05. The fraction of sp³-hybridized carbons (Fsp3) is 0.385. The Labute approximate surface area is 119 Å². The van der Waals surface area contributed by atoms with Gasteiger partial charge < -0.3 is 16.0 Å². The largest absolute Gasteiger partial charge is 0.346 e. The lowest BCUT2D eigenvalue weighted by molar-refractivity contribution is -0.131. The third-order valence-electron chi connectivity index (χ3n) is 2.59. The maximum Gasteiger partial charge on any atom is 0.242 e. The van der Waals surface area contributed by atoms with Crippen LogP contribution < -0.4 is 11.1 Å². The van der Waals surface area contributed by atoms with Crippen molar-refractivity contribution in [2.75, 3.05) is 20.1 Å². The van der Waals surface area contributed by atoms with E-state index in [0.717, 1.165) is 5.56 Å². The highest BCUT2D eigenvalue weighted by Gasteiger charge is 2.10. The van der Waals surface area contributed by atoms with Gasteiger partial charge in [-0.25, -0.2) is 0 Å². The third kappa shape index (κ3) is 6.22. The van der Waals surface area contributed by atoms with Crippen LogP contribution in [0.15, 0.2) is 24.3 Å². The number of nitrogens with one attached hydrogen (secondary N) is 1. The molecule has 1 aromatic carbocycles. The minimum Gasteiger partial charge on any atom is -0.346 e. The van der Waals surface area contributed by atoms with Gasteiger partial charge in [-0.15, -0.1) is 12.4 Å². The number of halogens is 1. The fourth-order valence-electron chi connectivity index (χ4n) is 1.44. The standard InChI is InChI=1S/C13H19N3O2.ClH/c1-10-3-5-11(6-4-10)9-16(2)13(18)8-15-12(17)7-14;/h3-6H,7-9,14H2,1-2H3,(H,15,17);1H. The van der Waals surface area contributed by atoms with Crippen LogP contribution in [-0.2, 0) is 16.1 Å². The van der Waals surface area contributed by atoms with Crippen LogP contribution in [0, 0.1) is 6.92 Å². The van der Waals surface area contributed by atoms with Crippen molar-refractivity contribution in [1.82, 2.24) is 10.2 Å². The maximum absolute atomic E-state index is 11.7. The summed E-state index contributed by atoms with van der Waals surface area (Å²) in [5, 5.41) is 2.45. The number of nitrogens with two attached hydrogens (primary N) is 1. The van der Waals surface area contributed by atoms with Crippen molar-refractivity contribution in [2.45, 2.75) is 13.5 Å². The molecule has 1 aromatic rings. The fourth-order valence-corrected chi connectivity index (χ4v) is 1.44. The number of carbonyl (C=O) groups excluding carboxylic acids is 2. The van der Waals surface area contributed by atoms with Gasteiger partial charge in [-0.05, 0) is 12.5 Å². The van der Waals surface area contributed by atoms with Crippen LogP contribution in [0.25, 0.3) is 0 Å². The van der Waals surface area contributed by atoms with Gasteiger partial charge >= 0.3 is 0 Å². The second-order valence-corrected chi connectivity index (χ2v) is 4.22. The van der Waals surface area contributed by atoms with Crippen LogP contribution >= 0.6 is 12.4 Å². The quantitative estimate of drug-likeness (QED) is 0.825. The molecule has 5 nitrogen and oxygen atoms in total. The molecule has 0 bridgehead atoms. The summed E-state index contributed by atoms with van der Waals surface area (Å²) in [5.74, 6) is -0.468. The van der Waals surface area contributed by atoms with E-state index in [4.69, 9.17) is 5.73 Å². The number of hydrogen-bond acceptors (Lipinski definition) is 3. The van der Waals surface area contributed by atoms with E-state index in [0.29, 0.717) is 6.54 Å². The summed E-state index contributed by atoms with van der Waals surface area (Å²) in [6, 6.07) is 7.98. The zero-order chi connectivity index (χ0) is 13.5. The topological polar surface area (TPSA) is 75.4 Å². The van der Waals surface area contributed by atoms with Gasteiger partial charge in [0.2, 0.25) is 11.8 Å². The Morgan fingerprint density at radius 2 is 1.84 bits per heavy atom. The second kappa shape index (κ2) is 8.50. The van der Waals surface area contributed by atoms with Crippen LogP contribution in [0.5, 0.6) is 0 Å². The number of nitrogens with zero attached hydrogens (tertiary/aromatic N) is 1. The number of carbonyl (C=O) groups is 2. The summed E-state index contributed by atoms with van der Waals surface area (Å²) in [5.41, 5.74) is 7.38. The Bertz CT molecular complexity index is 420. The zero-order valence-corrected chi connectivity index (χ0v) is 12.0. The predicted molar refractivity (Wildman–Crippen MR) is 77.0 cm³/mol. The number of likely N-dealkylation sites (N-methyl/N-ethyl adjacent to an activating group) is 1. The second-order valence-electron chi connectivity index (χ2n) is 4.22. The molecule has 0 saturated carbocycles. The summed E-state index contributed by atoms with van der Waals surface area (Å²) in [6.45, 7) is 2.42. The predicted octanol–water partition coefficient (Wildman–Crippen LogP) is 0.450. The van der Waals surface area contributed by atoms with E-state index in [1.807, 2.05) is 31.2 Å². The Hall–Kier alpha value is -1.59. The number of aryl methyl sites for hydroxylation is 1. The molecule has 6 heteroatoms. The SMILES string of the molecule is Cc1ccc(CN(C)C(=O)CNC(=O)CN)cc1.Cl. The van der Waals surface area contributed by atoms with Crippen LogP contribution in [0.3, 0.4) is 0 Å². The van der Waals surface area contributed by atoms with Crippen LogP contribution in [0.1, 0.15) is 11.1 Å². The molecule has 0 spiro atoms. The molecule has 0 fully saturated rings. The van der Waals surface area contributed by atoms with E-state index in [1.54, 1.807) is 11.9 Å². The molecule has 1 rings (SSSR count). The summed E-state index contributed by atoms with van der Waals surface area (Å²) >= 11 is 0. The smallest absolute Gasteiger partial charge is 0.242 e.